The summed E-state index contributed by atoms with van der Waals surface area (Å²) in [4.78, 5) is 14.0. The molecule has 1 atom stereocenters. The van der Waals surface area contributed by atoms with Crippen LogP contribution in [0.1, 0.15) is 44.2 Å². The fraction of sp³-hybridized carbons (Fsp3) is 0.562. The largest absolute Gasteiger partial charge is 0.343 e. The third-order valence-electron chi connectivity index (χ3n) is 3.94. The van der Waals surface area contributed by atoms with Crippen molar-refractivity contribution in [3.05, 3.63) is 33.8 Å². The molecule has 0 radical (unpaired) electrons. The van der Waals surface area contributed by atoms with E-state index in [2.05, 4.69) is 12.2 Å². The van der Waals surface area contributed by atoms with Gasteiger partial charge in [0.2, 0.25) is 5.91 Å². The standard InChI is InChI=1S/C16H22Cl2N2O/c1-12(13-5-6-14(17)15(18)11-13)19-8-7-16(21)20-9-3-2-4-10-20/h5-6,11-12,19H,2-4,7-10H2,1H3. The molecule has 1 saturated heterocycles. The van der Waals surface area contributed by atoms with Gasteiger partial charge < -0.3 is 10.2 Å². The summed E-state index contributed by atoms with van der Waals surface area (Å²) in [6.45, 7) is 4.57. The van der Waals surface area contributed by atoms with E-state index in [1.54, 1.807) is 6.07 Å². The van der Waals surface area contributed by atoms with Crippen molar-refractivity contribution in [1.29, 1.82) is 0 Å². The molecule has 1 aromatic carbocycles. The van der Waals surface area contributed by atoms with E-state index in [1.807, 2.05) is 17.0 Å². The first-order valence-electron chi connectivity index (χ1n) is 7.54. The van der Waals surface area contributed by atoms with Crippen molar-refractivity contribution < 1.29 is 4.79 Å². The van der Waals surface area contributed by atoms with Crippen molar-refractivity contribution in [2.75, 3.05) is 19.6 Å². The first-order valence-corrected chi connectivity index (χ1v) is 8.29. The number of hydrogen-bond acceptors (Lipinski definition) is 2. The maximum absolute atomic E-state index is 12.1. The van der Waals surface area contributed by atoms with Crippen LogP contribution in [-0.4, -0.2) is 30.4 Å². The lowest BCUT2D eigenvalue weighted by molar-refractivity contribution is -0.132. The second kappa shape index (κ2) is 8.02. The molecule has 1 N–H and O–H groups in total. The van der Waals surface area contributed by atoms with Crippen LogP contribution in [0.15, 0.2) is 18.2 Å². The highest BCUT2D eigenvalue weighted by atomic mass is 35.5. The van der Waals surface area contributed by atoms with E-state index in [0.717, 1.165) is 31.5 Å². The van der Waals surface area contributed by atoms with Gasteiger partial charge in [0.25, 0.3) is 0 Å². The molecular formula is C16H22Cl2N2O. The summed E-state index contributed by atoms with van der Waals surface area (Å²) in [7, 11) is 0. The summed E-state index contributed by atoms with van der Waals surface area (Å²) in [6.07, 6.45) is 4.07. The van der Waals surface area contributed by atoms with E-state index >= 15 is 0 Å². The average Bonchev–Trinajstić information content (AvgIpc) is 2.50. The van der Waals surface area contributed by atoms with Crippen LogP contribution in [0.25, 0.3) is 0 Å². The van der Waals surface area contributed by atoms with Gasteiger partial charge in [-0.2, -0.15) is 0 Å². The third kappa shape index (κ3) is 4.87. The number of benzene rings is 1. The van der Waals surface area contributed by atoms with Gasteiger partial charge in [-0.05, 0) is 43.9 Å². The number of piperidine rings is 1. The third-order valence-corrected chi connectivity index (χ3v) is 4.68. The number of rotatable bonds is 5. The number of amides is 1. The fourth-order valence-corrected chi connectivity index (χ4v) is 2.90. The number of nitrogens with one attached hydrogen (secondary N) is 1. The molecule has 1 aromatic rings. The van der Waals surface area contributed by atoms with E-state index in [1.165, 1.54) is 6.42 Å². The molecule has 0 spiro atoms. The Morgan fingerprint density at radius 2 is 1.95 bits per heavy atom. The van der Waals surface area contributed by atoms with Crippen molar-refractivity contribution in [3.63, 3.8) is 0 Å². The van der Waals surface area contributed by atoms with Crippen LogP contribution in [0.4, 0.5) is 0 Å². The Kier molecular flexibility index (Phi) is 6.34. The quantitative estimate of drug-likeness (QED) is 0.884. The zero-order valence-electron chi connectivity index (χ0n) is 12.4. The number of likely N-dealkylation sites (tertiary alicyclic amines) is 1. The van der Waals surface area contributed by atoms with Gasteiger partial charge in [-0.25, -0.2) is 0 Å². The molecule has 1 unspecified atom stereocenters. The van der Waals surface area contributed by atoms with Crippen LogP contribution < -0.4 is 5.32 Å². The van der Waals surface area contributed by atoms with Crippen LogP contribution in [0, 0.1) is 0 Å². The highest BCUT2D eigenvalue weighted by molar-refractivity contribution is 6.42. The maximum atomic E-state index is 12.1. The van der Waals surface area contributed by atoms with Gasteiger partial charge >= 0.3 is 0 Å². The van der Waals surface area contributed by atoms with E-state index in [0.29, 0.717) is 23.0 Å². The first-order chi connectivity index (χ1) is 10.1. The second-order valence-electron chi connectivity index (χ2n) is 5.54. The molecule has 1 aliphatic heterocycles. The Balaban J connectivity index is 1.76. The molecule has 5 heteroatoms. The summed E-state index contributed by atoms with van der Waals surface area (Å²) in [5.41, 5.74) is 1.08. The van der Waals surface area contributed by atoms with Gasteiger partial charge in [0.1, 0.15) is 0 Å². The SMILES string of the molecule is CC(NCCC(=O)N1CCCCC1)c1ccc(Cl)c(Cl)c1. The zero-order valence-corrected chi connectivity index (χ0v) is 13.9. The smallest absolute Gasteiger partial charge is 0.223 e. The Morgan fingerprint density at radius 1 is 1.24 bits per heavy atom. The molecule has 0 aromatic heterocycles. The summed E-state index contributed by atoms with van der Waals surface area (Å²) in [5, 5.41) is 4.49. The van der Waals surface area contributed by atoms with E-state index in [4.69, 9.17) is 23.2 Å². The van der Waals surface area contributed by atoms with Gasteiger partial charge in [0, 0.05) is 32.1 Å². The molecule has 21 heavy (non-hydrogen) atoms. The molecular weight excluding hydrogens is 307 g/mol. The molecule has 116 valence electrons. The monoisotopic (exact) mass is 328 g/mol. The van der Waals surface area contributed by atoms with Crippen LogP contribution in [-0.2, 0) is 4.79 Å². The Labute approximate surface area is 136 Å². The summed E-state index contributed by atoms with van der Waals surface area (Å²) < 4.78 is 0. The highest BCUT2D eigenvalue weighted by Crippen LogP contribution is 2.25. The van der Waals surface area contributed by atoms with Gasteiger partial charge in [-0.15, -0.1) is 0 Å². The number of hydrogen-bond donors (Lipinski definition) is 1. The fourth-order valence-electron chi connectivity index (χ4n) is 2.60. The number of halogens is 2. The Morgan fingerprint density at radius 3 is 2.62 bits per heavy atom. The second-order valence-corrected chi connectivity index (χ2v) is 6.36. The molecule has 0 aliphatic carbocycles. The number of nitrogens with zero attached hydrogens (tertiary/aromatic N) is 1. The van der Waals surface area contributed by atoms with Gasteiger partial charge in [0.15, 0.2) is 0 Å². The molecule has 1 heterocycles. The zero-order chi connectivity index (χ0) is 15.2. The van der Waals surface area contributed by atoms with Crippen LogP contribution >= 0.6 is 23.2 Å². The van der Waals surface area contributed by atoms with E-state index in [9.17, 15) is 4.79 Å². The van der Waals surface area contributed by atoms with Gasteiger partial charge in [-0.3, -0.25) is 4.79 Å². The van der Waals surface area contributed by atoms with Crippen molar-refractivity contribution in [3.8, 4) is 0 Å². The Hall–Kier alpha value is -0.770. The lowest BCUT2D eigenvalue weighted by Gasteiger charge is -2.27. The topological polar surface area (TPSA) is 32.3 Å². The maximum Gasteiger partial charge on any atom is 0.223 e. The van der Waals surface area contributed by atoms with Crippen molar-refractivity contribution in [2.24, 2.45) is 0 Å². The molecule has 3 nitrogen and oxygen atoms in total. The summed E-state index contributed by atoms with van der Waals surface area (Å²) in [6, 6.07) is 5.77. The van der Waals surface area contributed by atoms with Crippen LogP contribution in [0.5, 0.6) is 0 Å². The minimum atomic E-state index is 0.147. The normalized spacial score (nSPS) is 16.8. The van der Waals surface area contributed by atoms with Crippen LogP contribution in [0.2, 0.25) is 10.0 Å². The van der Waals surface area contributed by atoms with Gasteiger partial charge in [-0.1, -0.05) is 29.3 Å². The lowest BCUT2D eigenvalue weighted by atomic mass is 10.1. The molecule has 1 aliphatic rings. The predicted molar refractivity (Wildman–Crippen MR) is 87.9 cm³/mol. The number of carbonyl (C=O) groups excluding carboxylic acids is 1. The van der Waals surface area contributed by atoms with E-state index in [-0.39, 0.29) is 11.9 Å². The highest BCUT2D eigenvalue weighted by Gasteiger charge is 2.16. The predicted octanol–water partition coefficient (Wildman–Crippen LogP) is 4.05. The summed E-state index contributed by atoms with van der Waals surface area (Å²) >= 11 is 11.9. The Bertz CT molecular complexity index is 487. The lowest BCUT2D eigenvalue weighted by Crippen LogP contribution is -2.37. The number of carbonyl (C=O) groups is 1. The summed E-state index contributed by atoms with van der Waals surface area (Å²) in [5.74, 6) is 0.253. The molecule has 1 fully saturated rings. The molecule has 0 saturated carbocycles. The minimum absolute atomic E-state index is 0.147. The van der Waals surface area contributed by atoms with Crippen LogP contribution in [0.3, 0.4) is 0 Å². The first kappa shape index (κ1) is 16.6. The van der Waals surface area contributed by atoms with Gasteiger partial charge in [0.05, 0.1) is 10.0 Å². The van der Waals surface area contributed by atoms with Crippen molar-refractivity contribution >= 4 is 29.1 Å². The average molecular weight is 329 g/mol. The molecule has 0 bridgehead atoms. The molecule has 1 amide bonds. The van der Waals surface area contributed by atoms with Crippen molar-refractivity contribution in [2.45, 2.75) is 38.6 Å². The molecule has 2 rings (SSSR count). The van der Waals surface area contributed by atoms with E-state index < -0.39 is 0 Å². The van der Waals surface area contributed by atoms with Crippen molar-refractivity contribution in [1.82, 2.24) is 10.2 Å². The minimum Gasteiger partial charge on any atom is -0.343 e.